The van der Waals surface area contributed by atoms with E-state index in [2.05, 4.69) is 16.6 Å². The van der Waals surface area contributed by atoms with E-state index in [4.69, 9.17) is 10.6 Å². The molecule has 0 aliphatic rings. The fourth-order valence-electron chi connectivity index (χ4n) is 2.30. The lowest BCUT2D eigenvalue weighted by atomic mass is 10.0. The number of ether oxygens (including phenoxy) is 1. The highest BCUT2D eigenvalue weighted by Crippen LogP contribution is 2.21. The van der Waals surface area contributed by atoms with Crippen LogP contribution in [0.25, 0.3) is 0 Å². The van der Waals surface area contributed by atoms with Crippen LogP contribution in [0.4, 0.5) is 0 Å². The van der Waals surface area contributed by atoms with Crippen LogP contribution in [-0.4, -0.2) is 16.4 Å². The van der Waals surface area contributed by atoms with Crippen LogP contribution in [0.2, 0.25) is 0 Å². The molecule has 2 rings (SSSR count). The van der Waals surface area contributed by atoms with E-state index in [1.165, 1.54) is 0 Å². The Bertz CT molecular complexity index is 548. The molecule has 5 heteroatoms. The lowest BCUT2D eigenvalue weighted by molar-refractivity contribution is 0.340. The van der Waals surface area contributed by atoms with Crippen molar-refractivity contribution in [2.75, 3.05) is 6.61 Å². The number of rotatable bonds is 6. The summed E-state index contributed by atoms with van der Waals surface area (Å²) in [6.07, 6.45) is 0.793. The lowest BCUT2D eigenvalue weighted by Gasteiger charge is -2.17. The van der Waals surface area contributed by atoms with E-state index >= 15 is 0 Å². The molecule has 0 saturated carbocycles. The zero-order chi connectivity index (χ0) is 14.5. The normalized spacial score (nSPS) is 12.4. The number of hydrogen-bond acceptors (Lipinski definition) is 4. The average molecular weight is 274 g/mol. The van der Waals surface area contributed by atoms with Crippen molar-refractivity contribution >= 4 is 0 Å². The molecule has 1 atom stereocenters. The Morgan fingerprint density at radius 3 is 2.55 bits per heavy atom. The second kappa shape index (κ2) is 6.54. The minimum absolute atomic E-state index is 0.0560. The molecule has 0 amide bonds. The Labute approximate surface area is 119 Å². The van der Waals surface area contributed by atoms with Crippen molar-refractivity contribution < 1.29 is 4.74 Å². The molecule has 20 heavy (non-hydrogen) atoms. The van der Waals surface area contributed by atoms with E-state index in [1.54, 1.807) is 0 Å². The first-order chi connectivity index (χ1) is 9.63. The van der Waals surface area contributed by atoms with Gasteiger partial charge < -0.3 is 4.74 Å². The fraction of sp³-hybridized carbons (Fsp3) is 0.400. The van der Waals surface area contributed by atoms with E-state index in [-0.39, 0.29) is 6.04 Å². The first kappa shape index (κ1) is 14.6. The summed E-state index contributed by atoms with van der Waals surface area (Å²) in [7, 11) is 1.95. The summed E-state index contributed by atoms with van der Waals surface area (Å²) in [4.78, 5) is 0. The highest BCUT2D eigenvalue weighted by Gasteiger charge is 2.13. The Balaban J connectivity index is 2.13. The minimum atomic E-state index is 0.0560. The first-order valence-corrected chi connectivity index (χ1v) is 6.82. The van der Waals surface area contributed by atoms with Gasteiger partial charge in [-0.25, -0.2) is 0 Å². The molecule has 1 unspecified atom stereocenters. The molecule has 5 nitrogen and oxygen atoms in total. The summed E-state index contributed by atoms with van der Waals surface area (Å²) in [5.74, 6) is 6.57. The molecular weight excluding hydrogens is 252 g/mol. The van der Waals surface area contributed by atoms with Crippen molar-refractivity contribution in [1.82, 2.24) is 15.2 Å². The molecule has 3 N–H and O–H groups in total. The second-order valence-corrected chi connectivity index (χ2v) is 4.83. The van der Waals surface area contributed by atoms with Crippen molar-refractivity contribution in [2.45, 2.75) is 26.3 Å². The standard InChI is InChI=1S/C15H22N4O/c1-4-20-14-7-5-12(6-8-14)15(17-16)10-13-9-11(2)18-19(13)3/h5-9,15,17H,4,10,16H2,1-3H3. The smallest absolute Gasteiger partial charge is 0.119 e. The number of nitrogens with two attached hydrogens (primary N) is 1. The molecule has 2 aromatic rings. The Hall–Kier alpha value is -1.85. The second-order valence-electron chi connectivity index (χ2n) is 4.83. The van der Waals surface area contributed by atoms with Crippen LogP contribution in [0.1, 0.15) is 29.9 Å². The summed E-state index contributed by atoms with van der Waals surface area (Å²) >= 11 is 0. The zero-order valence-electron chi connectivity index (χ0n) is 12.3. The third-order valence-electron chi connectivity index (χ3n) is 3.31. The van der Waals surface area contributed by atoms with Gasteiger partial charge in [-0.05, 0) is 37.6 Å². The maximum Gasteiger partial charge on any atom is 0.119 e. The van der Waals surface area contributed by atoms with Gasteiger partial charge >= 0.3 is 0 Å². The third kappa shape index (κ3) is 3.37. The molecular formula is C15H22N4O. The Morgan fingerprint density at radius 2 is 2.05 bits per heavy atom. The van der Waals surface area contributed by atoms with Gasteiger partial charge in [0, 0.05) is 19.2 Å². The van der Waals surface area contributed by atoms with Crippen LogP contribution in [0.15, 0.2) is 30.3 Å². The molecule has 0 fully saturated rings. The monoisotopic (exact) mass is 274 g/mol. The molecule has 1 aromatic carbocycles. The van der Waals surface area contributed by atoms with E-state index in [9.17, 15) is 0 Å². The number of aryl methyl sites for hydroxylation is 2. The summed E-state index contributed by atoms with van der Waals surface area (Å²) in [6, 6.07) is 10.2. The molecule has 0 saturated heterocycles. The van der Waals surface area contributed by atoms with Gasteiger partial charge in [0.1, 0.15) is 5.75 Å². The van der Waals surface area contributed by atoms with Crippen LogP contribution in [-0.2, 0) is 13.5 Å². The predicted octanol–water partition coefficient (Wildman–Crippen LogP) is 1.87. The highest BCUT2D eigenvalue weighted by atomic mass is 16.5. The maximum absolute atomic E-state index is 5.70. The quantitative estimate of drug-likeness (QED) is 0.623. The molecule has 1 aromatic heterocycles. The lowest BCUT2D eigenvalue weighted by Crippen LogP contribution is -2.30. The van der Waals surface area contributed by atoms with Crippen LogP contribution in [0.3, 0.4) is 0 Å². The van der Waals surface area contributed by atoms with Gasteiger partial charge in [0.15, 0.2) is 0 Å². The number of benzene rings is 1. The third-order valence-corrected chi connectivity index (χ3v) is 3.31. The number of nitrogens with one attached hydrogen (secondary N) is 1. The van der Waals surface area contributed by atoms with Gasteiger partial charge in [-0.15, -0.1) is 0 Å². The zero-order valence-corrected chi connectivity index (χ0v) is 12.3. The van der Waals surface area contributed by atoms with Gasteiger partial charge in [0.2, 0.25) is 0 Å². The molecule has 0 bridgehead atoms. The van der Waals surface area contributed by atoms with Crippen LogP contribution in [0, 0.1) is 6.92 Å². The number of hydrazine groups is 1. The highest BCUT2D eigenvalue weighted by molar-refractivity contribution is 5.30. The Kier molecular flexibility index (Phi) is 4.76. The van der Waals surface area contributed by atoms with E-state index < -0.39 is 0 Å². The molecule has 0 aliphatic heterocycles. The molecule has 0 aliphatic carbocycles. The van der Waals surface area contributed by atoms with E-state index in [0.29, 0.717) is 6.61 Å². The number of hydrogen-bond donors (Lipinski definition) is 2. The summed E-state index contributed by atoms with van der Waals surface area (Å²) in [5.41, 5.74) is 6.18. The van der Waals surface area contributed by atoms with E-state index in [1.807, 2.05) is 49.8 Å². The number of aromatic nitrogens is 2. The van der Waals surface area contributed by atoms with Crippen molar-refractivity contribution in [3.63, 3.8) is 0 Å². The SMILES string of the molecule is CCOc1ccc(C(Cc2cc(C)nn2C)NN)cc1. The minimum Gasteiger partial charge on any atom is -0.494 e. The average Bonchev–Trinajstić information content (AvgIpc) is 2.75. The van der Waals surface area contributed by atoms with Crippen molar-refractivity contribution in [3.8, 4) is 5.75 Å². The number of nitrogens with zero attached hydrogens (tertiary/aromatic N) is 2. The largest absolute Gasteiger partial charge is 0.494 e. The van der Waals surface area contributed by atoms with Crippen LogP contribution < -0.4 is 16.0 Å². The van der Waals surface area contributed by atoms with Gasteiger partial charge in [-0.3, -0.25) is 16.0 Å². The topological polar surface area (TPSA) is 65.1 Å². The Morgan fingerprint density at radius 1 is 1.35 bits per heavy atom. The molecule has 0 radical (unpaired) electrons. The maximum atomic E-state index is 5.70. The first-order valence-electron chi connectivity index (χ1n) is 6.82. The summed E-state index contributed by atoms with van der Waals surface area (Å²) < 4.78 is 7.35. The van der Waals surface area contributed by atoms with Crippen molar-refractivity contribution in [2.24, 2.45) is 12.9 Å². The van der Waals surface area contributed by atoms with Gasteiger partial charge in [0.25, 0.3) is 0 Å². The van der Waals surface area contributed by atoms with Crippen LogP contribution in [0.5, 0.6) is 5.75 Å². The van der Waals surface area contributed by atoms with Crippen LogP contribution >= 0.6 is 0 Å². The van der Waals surface area contributed by atoms with Gasteiger partial charge in [-0.2, -0.15) is 5.10 Å². The molecule has 108 valence electrons. The van der Waals surface area contributed by atoms with Gasteiger partial charge in [0.05, 0.1) is 18.3 Å². The fourth-order valence-corrected chi connectivity index (χ4v) is 2.30. The predicted molar refractivity (Wildman–Crippen MR) is 79.3 cm³/mol. The van der Waals surface area contributed by atoms with Gasteiger partial charge in [-0.1, -0.05) is 12.1 Å². The molecule has 0 spiro atoms. The summed E-state index contributed by atoms with van der Waals surface area (Å²) in [5, 5.41) is 4.36. The van der Waals surface area contributed by atoms with Crippen molar-refractivity contribution in [3.05, 3.63) is 47.3 Å². The van der Waals surface area contributed by atoms with E-state index in [0.717, 1.165) is 29.1 Å². The van der Waals surface area contributed by atoms with Crippen molar-refractivity contribution in [1.29, 1.82) is 0 Å². The molecule has 1 heterocycles. The summed E-state index contributed by atoms with van der Waals surface area (Å²) in [6.45, 7) is 4.64.